The average molecular weight is 227 g/mol. The molecule has 1 aromatic heterocycles. The second kappa shape index (κ2) is 6.18. The van der Waals surface area contributed by atoms with E-state index in [-0.39, 0.29) is 0 Å². The zero-order chi connectivity index (χ0) is 11.3. The molecule has 15 heavy (non-hydrogen) atoms. The van der Waals surface area contributed by atoms with Gasteiger partial charge in [0.05, 0.1) is 6.04 Å². The van der Waals surface area contributed by atoms with Gasteiger partial charge < -0.3 is 5.32 Å². The average Bonchev–Trinajstić information content (AvgIpc) is 2.68. The van der Waals surface area contributed by atoms with Gasteiger partial charge in [-0.3, -0.25) is 0 Å². The van der Waals surface area contributed by atoms with Gasteiger partial charge in [0.25, 0.3) is 0 Å². The minimum absolute atomic E-state index is 0.369. The molecule has 86 valence electrons. The summed E-state index contributed by atoms with van der Waals surface area (Å²) < 4.78 is 0. The summed E-state index contributed by atoms with van der Waals surface area (Å²) in [5.74, 6) is 0.709. The molecule has 2 unspecified atom stereocenters. The van der Waals surface area contributed by atoms with Crippen LogP contribution < -0.4 is 5.32 Å². The Morgan fingerprint density at radius 2 is 2.00 bits per heavy atom. The van der Waals surface area contributed by atoms with E-state index in [1.807, 2.05) is 7.05 Å². The minimum atomic E-state index is 0.369. The fraction of sp³-hybridized carbons (Fsp3) is 0.818. The van der Waals surface area contributed by atoms with E-state index in [1.54, 1.807) is 11.3 Å². The first-order chi connectivity index (χ1) is 7.21. The van der Waals surface area contributed by atoms with Crippen LogP contribution >= 0.6 is 11.3 Å². The Balaban J connectivity index is 2.63. The van der Waals surface area contributed by atoms with E-state index in [2.05, 4.69) is 36.3 Å². The highest BCUT2D eigenvalue weighted by Crippen LogP contribution is 2.22. The van der Waals surface area contributed by atoms with Gasteiger partial charge in [0.1, 0.15) is 10.0 Å². The summed E-state index contributed by atoms with van der Waals surface area (Å²) in [4.78, 5) is 0. The van der Waals surface area contributed by atoms with Crippen LogP contribution in [0.2, 0.25) is 0 Å². The highest BCUT2D eigenvalue weighted by molar-refractivity contribution is 7.11. The monoisotopic (exact) mass is 227 g/mol. The molecule has 0 aliphatic heterocycles. The molecule has 0 amide bonds. The minimum Gasteiger partial charge on any atom is -0.311 e. The highest BCUT2D eigenvalue weighted by Gasteiger charge is 2.13. The van der Waals surface area contributed by atoms with Crippen LogP contribution in [0.1, 0.15) is 49.7 Å². The maximum absolute atomic E-state index is 4.25. The predicted molar refractivity (Wildman–Crippen MR) is 65.2 cm³/mol. The van der Waals surface area contributed by atoms with E-state index in [1.165, 1.54) is 11.4 Å². The van der Waals surface area contributed by atoms with Crippen molar-refractivity contribution in [3.8, 4) is 0 Å². The molecule has 1 rings (SSSR count). The Bertz CT molecular complexity index is 281. The van der Waals surface area contributed by atoms with Crippen LogP contribution in [0.15, 0.2) is 0 Å². The SMILES string of the molecule is CCC(C)Cc1nnc(C(CC)NC)s1. The Kier molecular flexibility index (Phi) is 5.19. The first-order valence-corrected chi connectivity index (χ1v) is 6.52. The molecule has 2 atom stereocenters. The molecule has 1 heterocycles. The highest BCUT2D eigenvalue weighted by atomic mass is 32.1. The van der Waals surface area contributed by atoms with Crippen LogP contribution in [0.25, 0.3) is 0 Å². The van der Waals surface area contributed by atoms with Crippen molar-refractivity contribution in [3.63, 3.8) is 0 Å². The smallest absolute Gasteiger partial charge is 0.134 e. The number of hydrogen-bond donors (Lipinski definition) is 1. The number of hydrogen-bond acceptors (Lipinski definition) is 4. The summed E-state index contributed by atoms with van der Waals surface area (Å²) in [6.45, 7) is 6.64. The van der Waals surface area contributed by atoms with Crippen molar-refractivity contribution < 1.29 is 0 Å². The van der Waals surface area contributed by atoms with Crippen molar-refractivity contribution in [1.29, 1.82) is 0 Å². The van der Waals surface area contributed by atoms with Gasteiger partial charge in [-0.1, -0.05) is 38.5 Å². The topological polar surface area (TPSA) is 37.8 Å². The van der Waals surface area contributed by atoms with Gasteiger partial charge in [-0.15, -0.1) is 10.2 Å². The summed E-state index contributed by atoms with van der Waals surface area (Å²) in [6.07, 6.45) is 3.33. The second-order valence-electron chi connectivity index (χ2n) is 4.00. The molecule has 0 aromatic carbocycles. The summed E-state index contributed by atoms with van der Waals surface area (Å²) in [5, 5.41) is 14.1. The normalized spacial score (nSPS) is 15.2. The van der Waals surface area contributed by atoms with Crippen molar-refractivity contribution >= 4 is 11.3 Å². The fourth-order valence-corrected chi connectivity index (χ4v) is 2.63. The van der Waals surface area contributed by atoms with Gasteiger partial charge in [0.15, 0.2) is 0 Å². The number of aromatic nitrogens is 2. The van der Waals surface area contributed by atoms with Crippen LogP contribution in [0.5, 0.6) is 0 Å². The van der Waals surface area contributed by atoms with E-state index in [4.69, 9.17) is 0 Å². The lowest BCUT2D eigenvalue weighted by atomic mass is 10.1. The Hall–Kier alpha value is -0.480. The fourth-order valence-electron chi connectivity index (χ4n) is 1.43. The standard InChI is InChI=1S/C11H21N3S/c1-5-8(3)7-10-13-14-11(15-10)9(6-2)12-4/h8-9,12H,5-7H2,1-4H3. The third-order valence-electron chi connectivity index (χ3n) is 2.76. The lowest BCUT2D eigenvalue weighted by molar-refractivity contribution is 0.553. The number of nitrogens with zero attached hydrogens (tertiary/aromatic N) is 2. The van der Waals surface area contributed by atoms with E-state index in [9.17, 15) is 0 Å². The third-order valence-corrected chi connectivity index (χ3v) is 3.82. The predicted octanol–water partition coefficient (Wildman–Crippen LogP) is 2.80. The van der Waals surface area contributed by atoms with Crippen LogP contribution in [0, 0.1) is 5.92 Å². The molecule has 1 N–H and O–H groups in total. The lowest BCUT2D eigenvalue weighted by Gasteiger charge is -2.08. The lowest BCUT2D eigenvalue weighted by Crippen LogP contribution is -2.14. The molecule has 1 aromatic rings. The molecular formula is C11H21N3S. The zero-order valence-corrected chi connectivity index (χ0v) is 10.9. The summed E-state index contributed by atoms with van der Waals surface area (Å²) in [5.41, 5.74) is 0. The first-order valence-electron chi connectivity index (χ1n) is 5.70. The summed E-state index contributed by atoms with van der Waals surface area (Å²) >= 11 is 1.75. The van der Waals surface area contributed by atoms with Gasteiger partial charge in [-0.05, 0) is 19.4 Å². The number of nitrogens with one attached hydrogen (secondary N) is 1. The van der Waals surface area contributed by atoms with Crippen molar-refractivity contribution in [2.75, 3.05) is 7.05 Å². The molecule has 0 bridgehead atoms. The summed E-state index contributed by atoms with van der Waals surface area (Å²) in [7, 11) is 1.98. The molecule has 0 radical (unpaired) electrons. The van der Waals surface area contributed by atoms with Crippen LogP contribution in [-0.2, 0) is 6.42 Å². The Labute approximate surface area is 96.3 Å². The quantitative estimate of drug-likeness (QED) is 0.812. The van der Waals surface area contributed by atoms with Crippen LogP contribution in [0.3, 0.4) is 0 Å². The van der Waals surface area contributed by atoms with E-state index < -0.39 is 0 Å². The van der Waals surface area contributed by atoms with Crippen molar-refractivity contribution in [2.45, 2.75) is 46.1 Å². The molecule has 0 aliphatic rings. The molecule has 0 saturated carbocycles. The Morgan fingerprint density at radius 3 is 2.53 bits per heavy atom. The van der Waals surface area contributed by atoms with Crippen LogP contribution in [-0.4, -0.2) is 17.2 Å². The van der Waals surface area contributed by atoms with Crippen molar-refractivity contribution in [2.24, 2.45) is 5.92 Å². The van der Waals surface area contributed by atoms with Gasteiger partial charge in [0, 0.05) is 6.42 Å². The Morgan fingerprint density at radius 1 is 1.27 bits per heavy atom. The van der Waals surface area contributed by atoms with E-state index in [0.717, 1.165) is 17.8 Å². The molecule has 3 nitrogen and oxygen atoms in total. The molecule has 0 fully saturated rings. The maximum atomic E-state index is 4.25. The number of rotatable bonds is 6. The molecule has 0 saturated heterocycles. The van der Waals surface area contributed by atoms with Gasteiger partial charge in [0.2, 0.25) is 0 Å². The van der Waals surface area contributed by atoms with E-state index in [0.29, 0.717) is 12.0 Å². The molecule has 0 aliphatic carbocycles. The molecule has 0 spiro atoms. The third kappa shape index (κ3) is 3.54. The summed E-state index contributed by atoms with van der Waals surface area (Å²) in [6, 6.07) is 0.369. The maximum Gasteiger partial charge on any atom is 0.134 e. The molecule has 4 heteroatoms. The van der Waals surface area contributed by atoms with Gasteiger partial charge in [-0.25, -0.2) is 0 Å². The largest absolute Gasteiger partial charge is 0.311 e. The van der Waals surface area contributed by atoms with Gasteiger partial charge in [-0.2, -0.15) is 0 Å². The van der Waals surface area contributed by atoms with Crippen molar-refractivity contribution in [1.82, 2.24) is 15.5 Å². The van der Waals surface area contributed by atoms with Crippen molar-refractivity contribution in [3.05, 3.63) is 10.0 Å². The second-order valence-corrected chi connectivity index (χ2v) is 5.09. The molecular weight excluding hydrogens is 206 g/mol. The van der Waals surface area contributed by atoms with Gasteiger partial charge >= 0.3 is 0 Å². The first kappa shape index (κ1) is 12.6. The zero-order valence-electron chi connectivity index (χ0n) is 10.1. The van der Waals surface area contributed by atoms with Crippen LogP contribution in [0.4, 0.5) is 0 Å². The van der Waals surface area contributed by atoms with E-state index >= 15 is 0 Å².